The molecule has 84 valence electrons. The second-order valence-electron chi connectivity index (χ2n) is 3.06. The van der Waals surface area contributed by atoms with Gasteiger partial charge in [0, 0.05) is 0 Å². The van der Waals surface area contributed by atoms with Crippen molar-refractivity contribution in [3.05, 3.63) is 0 Å². The normalized spacial score (nSPS) is 10.9. The number of carboxylic acid groups (broad SMARTS) is 1. The molecule has 0 saturated heterocycles. The summed E-state index contributed by atoms with van der Waals surface area (Å²) in [5, 5.41) is 20.4. The molecule has 0 atom stereocenters. The fourth-order valence-corrected chi connectivity index (χ4v) is 1.94. The lowest BCUT2D eigenvalue weighted by atomic mass is 10.2. The SMILES string of the molecule is CCC(CC)n1nnnc1SCC(=O)O. The van der Waals surface area contributed by atoms with E-state index in [1.54, 1.807) is 4.68 Å². The van der Waals surface area contributed by atoms with Crippen LogP contribution in [0.2, 0.25) is 0 Å². The van der Waals surface area contributed by atoms with Crippen molar-refractivity contribution in [1.29, 1.82) is 0 Å². The van der Waals surface area contributed by atoms with E-state index in [1.807, 2.05) is 0 Å². The van der Waals surface area contributed by atoms with Gasteiger partial charge in [0.2, 0.25) is 5.16 Å². The zero-order valence-corrected chi connectivity index (χ0v) is 9.57. The maximum absolute atomic E-state index is 10.4. The first-order valence-electron chi connectivity index (χ1n) is 4.81. The van der Waals surface area contributed by atoms with Gasteiger partial charge in [0.05, 0.1) is 11.8 Å². The average Bonchev–Trinajstić information content (AvgIpc) is 2.65. The van der Waals surface area contributed by atoms with Crippen LogP contribution in [0.15, 0.2) is 5.16 Å². The Bertz CT molecular complexity index is 324. The van der Waals surface area contributed by atoms with E-state index in [-0.39, 0.29) is 11.8 Å². The number of nitrogens with zero attached hydrogens (tertiary/aromatic N) is 4. The van der Waals surface area contributed by atoms with Gasteiger partial charge in [0.15, 0.2) is 0 Å². The fourth-order valence-electron chi connectivity index (χ4n) is 1.27. The Balaban J connectivity index is 2.71. The minimum Gasteiger partial charge on any atom is -0.481 e. The van der Waals surface area contributed by atoms with Crippen LogP contribution in [0.5, 0.6) is 0 Å². The molecule has 1 aromatic rings. The van der Waals surface area contributed by atoms with E-state index in [2.05, 4.69) is 29.4 Å². The molecule has 1 rings (SSSR count). The summed E-state index contributed by atoms with van der Waals surface area (Å²) in [6, 6.07) is 0.247. The third-order valence-electron chi connectivity index (χ3n) is 2.08. The van der Waals surface area contributed by atoms with Gasteiger partial charge in [-0.15, -0.1) is 5.10 Å². The second kappa shape index (κ2) is 5.69. The largest absolute Gasteiger partial charge is 0.481 e. The number of rotatable bonds is 6. The van der Waals surface area contributed by atoms with E-state index < -0.39 is 5.97 Å². The van der Waals surface area contributed by atoms with Gasteiger partial charge >= 0.3 is 5.97 Å². The van der Waals surface area contributed by atoms with Crippen LogP contribution in [0.25, 0.3) is 0 Å². The van der Waals surface area contributed by atoms with Gasteiger partial charge in [-0.2, -0.15) is 0 Å². The van der Waals surface area contributed by atoms with Gasteiger partial charge in [-0.05, 0) is 23.3 Å². The molecule has 0 aliphatic rings. The van der Waals surface area contributed by atoms with Crippen molar-refractivity contribution >= 4 is 17.7 Å². The summed E-state index contributed by atoms with van der Waals surface area (Å²) in [4.78, 5) is 10.4. The van der Waals surface area contributed by atoms with Crippen molar-refractivity contribution in [3.8, 4) is 0 Å². The molecule has 0 aliphatic carbocycles. The first kappa shape index (κ1) is 12.0. The highest BCUT2D eigenvalue weighted by Gasteiger charge is 2.15. The summed E-state index contributed by atoms with van der Waals surface area (Å²) >= 11 is 1.15. The predicted octanol–water partition coefficient (Wildman–Crippen LogP) is 1.21. The van der Waals surface area contributed by atoms with E-state index in [4.69, 9.17) is 5.11 Å². The molecule has 1 aromatic heterocycles. The summed E-state index contributed by atoms with van der Waals surface area (Å²) in [5.41, 5.74) is 0. The van der Waals surface area contributed by atoms with Gasteiger partial charge in [-0.25, -0.2) is 4.68 Å². The third kappa shape index (κ3) is 3.19. The predicted molar refractivity (Wildman–Crippen MR) is 55.8 cm³/mol. The Morgan fingerprint density at radius 2 is 2.20 bits per heavy atom. The Kier molecular flexibility index (Phi) is 4.54. The molecule has 0 aliphatic heterocycles. The topological polar surface area (TPSA) is 80.9 Å². The Hall–Kier alpha value is -1.11. The summed E-state index contributed by atoms with van der Waals surface area (Å²) in [6.07, 6.45) is 1.87. The van der Waals surface area contributed by atoms with Crippen LogP contribution >= 0.6 is 11.8 Å². The molecule has 0 amide bonds. The lowest BCUT2D eigenvalue weighted by Crippen LogP contribution is -2.11. The Morgan fingerprint density at radius 3 is 2.73 bits per heavy atom. The molecule has 15 heavy (non-hydrogen) atoms. The van der Waals surface area contributed by atoms with Crippen molar-refractivity contribution in [2.75, 3.05) is 5.75 Å². The average molecular weight is 230 g/mol. The molecule has 0 radical (unpaired) electrons. The number of thioether (sulfide) groups is 1. The molecular weight excluding hydrogens is 216 g/mol. The second-order valence-corrected chi connectivity index (χ2v) is 4.00. The Labute approximate surface area is 92.0 Å². The molecule has 7 heteroatoms. The molecule has 0 spiro atoms. The number of aromatic nitrogens is 4. The first-order valence-corrected chi connectivity index (χ1v) is 5.80. The van der Waals surface area contributed by atoms with Crippen LogP contribution in [0.4, 0.5) is 0 Å². The smallest absolute Gasteiger partial charge is 0.313 e. The van der Waals surface area contributed by atoms with E-state index in [0.29, 0.717) is 5.16 Å². The highest BCUT2D eigenvalue weighted by molar-refractivity contribution is 7.99. The number of carbonyl (C=O) groups is 1. The van der Waals surface area contributed by atoms with Gasteiger partial charge in [-0.1, -0.05) is 25.6 Å². The summed E-state index contributed by atoms with van der Waals surface area (Å²) in [6.45, 7) is 4.11. The van der Waals surface area contributed by atoms with E-state index in [9.17, 15) is 4.79 Å². The number of aliphatic carboxylic acids is 1. The van der Waals surface area contributed by atoms with Gasteiger partial charge in [0.25, 0.3) is 0 Å². The molecular formula is C8H14N4O2S. The van der Waals surface area contributed by atoms with E-state index in [0.717, 1.165) is 24.6 Å². The number of hydrogen-bond acceptors (Lipinski definition) is 5. The van der Waals surface area contributed by atoms with Crippen LogP contribution in [0.3, 0.4) is 0 Å². The van der Waals surface area contributed by atoms with Crippen LogP contribution in [0, 0.1) is 0 Å². The van der Waals surface area contributed by atoms with Crippen molar-refractivity contribution in [3.63, 3.8) is 0 Å². The first-order chi connectivity index (χ1) is 7.19. The van der Waals surface area contributed by atoms with Crippen LogP contribution in [-0.4, -0.2) is 37.0 Å². The highest BCUT2D eigenvalue weighted by atomic mass is 32.2. The van der Waals surface area contributed by atoms with Crippen molar-refractivity contribution in [2.45, 2.75) is 37.9 Å². The lowest BCUT2D eigenvalue weighted by molar-refractivity contribution is -0.133. The molecule has 6 nitrogen and oxygen atoms in total. The summed E-state index contributed by atoms with van der Waals surface area (Å²) < 4.78 is 1.70. The van der Waals surface area contributed by atoms with E-state index in [1.165, 1.54) is 0 Å². The molecule has 0 unspecified atom stereocenters. The van der Waals surface area contributed by atoms with Crippen LogP contribution < -0.4 is 0 Å². The van der Waals surface area contributed by atoms with Crippen LogP contribution in [-0.2, 0) is 4.79 Å². The quantitative estimate of drug-likeness (QED) is 0.740. The van der Waals surface area contributed by atoms with Crippen molar-refractivity contribution in [2.24, 2.45) is 0 Å². The molecule has 0 aromatic carbocycles. The van der Waals surface area contributed by atoms with Crippen LogP contribution in [0.1, 0.15) is 32.7 Å². The molecule has 1 heterocycles. The lowest BCUT2D eigenvalue weighted by Gasteiger charge is -2.12. The Morgan fingerprint density at radius 1 is 1.53 bits per heavy atom. The maximum atomic E-state index is 10.4. The molecule has 0 fully saturated rings. The van der Waals surface area contributed by atoms with Crippen molar-refractivity contribution in [1.82, 2.24) is 20.2 Å². The number of carboxylic acids is 1. The van der Waals surface area contributed by atoms with Gasteiger partial charge in [-0.3, -0.25) is 4.79 Å². The zero-order chi connectivity index (χ0) is 11.3. The summed E-state index contributed by atoms with van der Waals surface area (Å²) in [7, 11) is 0. The van der Waals surface area contributed by atoms with Gasteiger partial charge < -0.3 is 5.11 Å². The molecule has 1 N–H and O–H groups in total. The standard InChI is InChI=1S/C8H14N4O2S/c1-3-6(4-2)12-8(9-10-11-12)15-5-7(13)14/h6H,3-5H2,1-2H3,(H,13,14). The number of tetrazole rings is 1. The minimum absolute atomic E-state index is 0.0134. The number of hydrogen-bond donors (Lipinski definition) is 1. The summed E-state index contributed by atoms with van der Waals surface area (Å²) in [5.74, 6) is -0.875. The van der Waals surface area contributed by atoms with Gasteiger partial charge in [0.1, 0.15) is 0 Å². The molecule has 0 bridgehead atoms. The zero-order valence-electron chi connectivity index (χ0n) is 8.75. The van der Waals surface area contributed by atoms with Crippen molar-refractivity contribution < 1.29 is 9.90 Å². The molecule has 0 saturated carbocycles. The highest BCUT2D eigenvalue weighted by Crippen LogP contribution is 2.21. The maximum Gasteiger partial charge on any atom is 0.313 e. The fraction of sp³-hybridized carbons (Fsp3) is 0.750. The third-order valence-corrected chi connectivity index (χ3v) is 2.99. The van der Waals surface area contributed by atoms with E-state index >= 15 is 0 Å². The minimum atomic E-state index is -0.862. The monoisotopic (exact) mass is 230 g/mol.